The monoisotopic (exact) mass is 306 g/mol. The van der Waals surface area contributed by atoms with Crippen molar-refractivity contribution in [3.8, 4) is 0 Å². The quantitative estimate of drug-likeness (QED) is 0.606. The predicted molar refractivity (Wildman–Crippen MR) is 85.4 cm³/mol. The summed E-state index contributed by atoms with van der Waals surface area (Å²) >= 11 is 7.59. The van der Waals surface area contributed by atoms with Gasteiger partial charge in [-0.2, -0.15) is 11.8 Å². The first-order chi connectivity index (χ1) is 9.70. The highest BCUT2D eigenvalue weighted by Gasteiger charge is 2.08. The van der Waals surface area contributed by atoms with Crippen molar-refractivity contribution in [1.82, 2.24) is 9.55 Å². The van der Waals surface area contributed by atoms with Gasteiger partial charge < -0.3 is 4.57 Å². The van der Waals surface area contributed by atoms with Crippen LogP contribution in [0.2, 0.25) is 5.15 Å². The summed E-state index contributed by atoms with van der Waals surface area (Å²) in [6, 6.07) is 9.80. The van der Waals surface area contributed by atoms with Crippen LogP contribution in [0.4, 0.5) is 0 Å². The lowest BCUT2D eigenvalue weighted by atomic mass is 10.2. The summed E-state index contributed by atoms with van der Waals surface area (Å²) in [7, 11) is 0. The fourth-order valence-corrected chi connectivity index (χ4v) is 2.67. The van der Waals surface area contributed by atoms with Crippen molar-refractivity contribution in [2.75, 3.05) is 5.75 Å². The Hall–Kier alpha value is -1.52. The van der Waals surface area contributed by atoms with Gasteiger partial charge in [0.1, 0.15) is 10.8 Å². The molecule has 5 heteroatoms. The number of rotatable bonds is 6. The van der Waals surface area contributed by atoms with Gasteiger partial charge in [0, 0.05) is 17.7 Å². The number of nitrogens with zero attached hydrogens (tertiary/aromatic N) is 2. The molecule has 0 atom stereocenters. The number of aromatic nitrogens is 2. The number of thioether (sulfide) groups is 1. The maximum atomic E-state index is 12.3. The average molecular weight is 307 g/mol. The molecule has 104 valence electrons. The van der Waals surface area contributed by atoms with E-state index in [1.807, 2.05) is 30.3 Å². The lowest BCUT2D eigenvalue weighted by Crippen LogP contribution is -2.25. The van der Waals surface area contributed by atoms with Crippen LogP contribution in [0.5, 0.6) is 0 Å². The Bertz CT molecular complexity index is 640. The third kappa shape index (κ3) is 3.99. The summed E-state index contributed by atoms with van der Waals surface area (Å²) in [5, 5.41) is 0.342. The van der Waals surface area contributed by atoms with Crippen molar-refractivity contribution in [2.24, 2.45) is 0 Å². The summed E-state index contributed by atoms with van der Waals surface area (Å²) < 4.78 is 1.61. The first kappa shape index (κ1) is 14.9. The van der Waals surface area contributed by atoms with E-state index in [9.17, 15) is 4.79 Å². The second kappa shape index (κ2) is 7.31. The fourth-order valence-electron chi connectivity index (χ4n) is 1.79. The molecule has 0 unspecified atom stereocenters. The molecule has 2 aromatic rings. The van der Waals surface area contributed by atoms with Gasteiger partial charge >= 0.3 is 0 Å². The van der Waals surface area contributed by atoms with Crippen molar-refractivity contribution in [3.63, 3.8) is 0 Å². The Morgan fingerprint density at radius 2 is 2.10 bits per heavy atom. The van der Waals surface area contributed by atoms with E-state index in [4.69, 9.17) is 11.6 Å². The van der Waals surface area contributed by atoms with Gasteiger partial charge in [0.2, 0.25) is 0 Å². The summed E-state index contributed by atoms with van der Waals surface area (Å²) in [6.45, 7) is 4.16. The summed E-state index contributed by atoms with van der Waals surface area (Å²) in [5.41, 5.74) is 1.46. The van der Waals surface area contributed by atoms with Crippen molar-refractivity contribution in [3.05, 3.63) is 75.9 Å². The highest BCUT2D eigenvalue weighted by atomic mass is 35.5. The van der Waals surface area contributed by atoms with Gasteiger partial charge in [-0.1, -0.05) is 48.0 Å². The molecule has 0 saturated heterocycles. The molecule has 0 aliphatic rings. The minimum absolute atomic E-state index is 0.0881. The first-order valence-corrected chi connectivity index (χ1v) is 7.72. The molecule has 0 fully saturated rings. The van der Waals surface area contributed by atoms with Crippen LogP contribution in [0.25, 0.3) is 0 Å². The van der Waals surface area contributed by atoms with E-state index in [-0.39, 0.29) is 5.56 Å². The van der Waals surface area contributed by atoms with Crippen molar-refractivity contribution >= 4 is 23.4 Å². The molecule has 0 N–H and O–H groups in total. The van der Waals surface area contributed by atoms with Crippen LogP contribution >= 0.6 is 23.4 Å². The third-order valence-electron chi connectivity index (χ3n) is 2.68. The van der Waals surface area contributed by atoms with E-state index >= 15 is 0 Å². The smallest absolute Gasteiger partial charge is 0.273 e. The van der Waals surface area contributed by atoms with Crippen LogP contribution in [-0.2, 0) is 12.3 Å². The molecule has 1 aromatic heterocycles. The van der Waals surface area contributed by atoms with Gasteiger partial charge in [-0.3, -0.25) is 4.79 Å². The lowest BCUT2D eigenvalue weighted by molar-refractivity contribution is 0.736. The maximum absolute atomic E-state index is 12.3. The Balaban J connectivity index is 2.24. The molecular weight excluding hydrogens is 292 g/mol. The second-order valence-corrected chi connectivity index (χ2v) is 5.65. The van der Waals surface area contributed by atoms with Crippen LogP contribution in [0.15, 0.2) is 54.0 Å². The molecule has 1 aromatic carbocycles. The molecule has 1 heterocycles. The van der Waals surface area contributed by atoms with E-state index in [2.05, 4.69) is 11.6 Å². The Morgan fingerprint density at radius 1 is 1.35 bits per heavy atom. The van der Waals surface area contributed by atoms with Gasteiger partial charge in [0.05, 0.1) is 6.54 Å². The molecule has 0 saturated carbocycles. The Kier molecular flexibility index (Phi) is 5.44. The van der Waals surface area contributed by atoms with E-state index in [0.717, 1.165) is 11.3 Å². The molecule has 0 bridgehead atoms. The third-order valence-corrected chi connectivity index (χ3v) is 3.81. The highest BCUT2D eigenvalue weighted by Crippen LogP contribution is 2.11. The molecule has 2 rings (SSSR count). The number of halogens is 1. The molecule has 0 spiro atoms. The normalized spacial score (nSPS) is 10.4. The molecule has 0 aliphatic carbocycles. The van der Waals surface area contributed by atoms with Gasteiger partial charge in [-0.15, -0.1) is 6.58 Å². The van der Waals surface area contributed by atoms with Gasteiger partial charge in [-0.25, -0.2) is 4.98 Å². The second-order valence-electron chi connectivity index (χ2n) is 4.23. The topological polar surface area (TPSA) is 34.9 Å². The van der Waals surface area contributed by atoms with E-state index < -0.39 is 0 Å². The molecule has 20 heavy (non-hydrogen) atoms. The Morgan fingerprint density at radius 3 is 2.80 bits per heavy atom. The summed E-state index contributed by atoms with van der Waals surface area (Å²) in [6.07, 6.45) is 3.39. The van der Waals surface area contributed by atoms with E-state index in [1.54, 1.807) is 28.6 Å². The van der Waals surface area contributed by atoms with Crippen LogP contribution < -0.4 is 5.56 Å². The number of benzene rings is 1. The Labute approximate surface area is 127 Å². The van der Waals surface area contributed by atoms with Crippen LogP contribution in [-0.4, -0.2) is 15.3 Å². The molecule has 3 nitrogen and oxygen atoms in total. The summed E-state index contributed by atoms with van der Waals surface area (Å²) in [5.74, 6) is 1.33. The molecule has 0 amide bonds. The average Bonchev–Trinajstić information content (AvgIpc) is 2.45. The minimum atomic E-state index is -0.0881. The van der Waals surface area contributed by atoms with Crippen LogP contribution in [0.1, 0.15) is 11.3 Å². The highest BCUT2D eigenvalue weighted by molar-refractivity contribution is 7.98. The van der Waals surface area contributed by atoms with E-state index in [0.29, 0.717) is 23.1 Å². The molecular formula is C15H15ClN2OS. The SMILES string of the molecule is C=CCSCc1nc(Cl)cn(Cc2ccccc2)c1=O. The zero-order chi connectivity index (χ0) is 14.4. The minimum Gasteiger partial charge on any atom is -0.306 e. The zero-order valence-corrected chi connectivity index (χ0v) is 12.5. The standard InChI is InChI=1S/C15H15ClN2OS/c1-2-8-20-11-13-15(19)18(10-14(16)17-13)9-12-6-4-3-5-7-12/h2-7,10H,1,8-9,11H2. The predicted octanol–water partition coefficient (Wildman–Crippen LogP) is 3.36. The van der Waals surface area contributed by atoms with Gasteiger partial charge in [-0.05, 0) is 5.56 Å². The zero-order valence-electron chi connectivity index (χ0n) is 11.0. The lowest BCUT2D eigenvalue weighted by Gasteiger charge is -2.08. The molecule has 0 radical (unpaired) electrons. The van der Waals surface area contributed by atoms with Crippen molar-refractivity contribution < 1.29 is 0 Å². The number of hydrogen-bond acceptors (Lipinski definition) is 3. The fraction of sp³-hybridized carbons (Fsp3) is 0.200. The molecule has 0 aliphatic heterocycles. The van der Waals surface area contributed by atoms with Gasteiger partial charge in [0.15, 0.2) is 0 Å². The van der Waals surface area contributed by atoms with Gasteiger partial charge in [0.25, 0.3) is 5.56 Å². The number of hydrogen-bond donors (Lipinski definition) is 0. The van der Waals surface area contributed by atoms with Crippen LogP contribution in [0.3, 0.4) is 0 Å². The van der Waals surface area contributed by atoms with E-state index in [1.165, 1.54) is 0 Å². The van der Waals surface area contributed by atoms with Crippen molar-refractivity contribution in [2.45, 2.75) is 12.3 Å². The van der Waals surface area contributed by atoms with Crippen LogP contribution in [0, 0.1) is 0 Å². The van der Waals surface area contributed by atoms with Crippen molar-refractivity contribution in [1.29, 1.82) is 0 Å². The first-order valence-electron chi connectivity index (χ1n) is 6.19. The maximum Gasteiger partial charge on any atom is 0.273 e. The summed E-state index contributed by atoms with van der Waals surface area (Å²) in [4.78, 5) is 16.4. The largest absolute Gasteiger partial charge is 0.306 e.